The molecule has 34 heavy (non-hydrogen) atoms. The van der Waals surface area contributed by atoms with Gasteiger partial charge < -0.3 is 13.6 Å². The maximum absolute atomic E-state index is 11.9. The molecule has 2 aromatic rings. The molecule has 2 rings (SSSR count). The highest BCUT2D eigenvalue weighted by Crippen LogP contribution is 2.40. The molecule has 0 aromatic heterocycles. The Labute approximate surface area is 210 Å². The molecular formula is C29H46O3Si2. The van der Waals surface area contributed by atoms with Crippen LogP contribution in [0.2, 0.25) is 24.7 Å². The van der Waals surface area contributed by atoms with Crippen molar-refractivity contribution in [2.24, 2.45) is 11.8 Å². The lowest BCUT2D eigenvalue weighted by Gasteiger charge is -2.47. The van der Waals surface area contributed by atoms with Gasteiger partial charge in [0, 0.05) is 11.8 Å². The van der Waals surface area contributed by atoms with Crippen molar-refractivity contribution in [3.8, 4) is 0 Å². The lowest BCUT2D eigenvalue weighted by molar-refractivity contribution is -0.115. The molecule has 0 unspecified atom stereocenters. The highest BCUT2D eigenvalue weighted by Gasteiger charge is 2.52. The summed E-state index contributed by atoms with van der Waals surface area (Å²) in [6.07, 6.45) is 2.83. The zero-order valence-electron chi connectivity index (χ0n) is 22.8. The summed E-state index contributed by atoms with van der Waals surface area (Å²) in [5.41, 5.74) is 0. The van der Waals surface area contributed by atoms with Crippen LogP contribution in [0.4, 0.5) is 0 Å². The summed E-state index contributed by atoms with van der Waals surface area (Å²) in [6.45, 7) is 20.0. The van der Waals surface area contributed by atoms with Gasteiger partial charge in [0.05, 0.1) is 12.2 Å². The van der Waals surface area contributed by atoms with Crippen LogP contribution in [0.25, 0.3) is 0 Å². The maximum atomic E-state index is 11.9. The van der Waals surface area contributed by atoms with Crippen LogP contribution in [0.1, 0.15) is 54.4 Å². The van der Waals surface area contributed by atoms with Crippen molar-refractivity contribution >= 4 is 33.3 Å². The minimum absolute atomic E-state index is 0.0138. The first-order chi connectivity index (χ1) is 15.9. The van der Waals surface area contributed by atoms with Gasteiger partial charge in [0.25, 0.3) is 8.32 Å². The summed E-state index contributed by atoms with van der Waals surface area (Å²) in [5.74, 6) is -0.0858. The molecule has 0 spiro atoms. The molecule has 2 aromatic carbocycles. The van der Waals surface area contributed by atoms with E-state index in [-0.39, 0.29) is 29.1 Å². The lowest BCUT2D eigenvalue weighted by Crippen LogP contribution is -2.68. The van der Waals surface area contributed by atoms with Crippen molar-refractivity contribution < 1.29 is 13.6 Å². The third kappa shape index (κ3) is 6.78. The molecule has 0 aliphatic heterocycles. The molecule has 0 radical (unpaired) electrons. The Bertz CT molecular complexity index is 832. The topological polar surface area (TPSA) is 35.5 Å². The smallest absolute Gasteiger partial charge is 0.261 e. The quantitative estimate of drug-likeness (QED) is 0.250. The van der Waals surface area contributed by atoms with E-state index in [1.807, 2.05) is 6.92 Å². The molecule has 0 heterocycles. The van der Waals surface area contributed by atoms with E-state index in [0.29, 0.717) is 0 Å². The normalized spacial score (nSPS) is 16.5. The van der Waals surface area contributed by atoms with Crippen LogP contribution in [0.3, 0.4) is 0 Å². The number of carbonyl (C=O) groups excluding carboxylic acids is 1. The van der Waals surface area contributed by atoms with Gasteiger partial charge in [0.2, 0.25) is 0 Å². The van der Waals surface area contributed by atoms with E-state index in [0.717, 1.165) is 19.1 Å². The van der Waals surface area contributed by atoms with E-state index in [2.05, 4.69) is 115 Å². The first kappa shape index (κ1) is 28.7. The predicted octanol–water partition coefficient (Wildman–Crippen LogP) is 6.42. The third-order valence-corrected chi connectivity index (χ3v) is 12.7. The van der Waals surface area contributed by atoms with Crippen LogP contribution < -0.4 is 10.4 Å². The monoisotopic (exact) mass is 498 g/mol. The highest BCUT2D eigenvalue weighted by atomic mass is 28.4. The Morgan fingerprint density at radius 3 is 1.68 bits per heavy atom. The fraction of sp³-hybridized carbons (Fsp3) is 0.552. The van der Waals surface area contributed by atoms with Crippen LogP contribution in [0.15, 0.2) is 60.7 Å². The van der Waals surface area contributed by atoms with Gasteiger partial charge in [-0.1, -0.05) is 109 Å². The molecule has 0 amide bonds. The van der Waals surface area contributed by atoms with Gasteiger partial charge in [0.15, 0.2) is 8.32 Å². The second kappa shape index (κ2) is 11.9. The first-order valence-corrected chi connectivity index (χ1v) is 18.1. The van der Waals surface area contributed by atoms with Crippen molar-refractivity contribution in [2.45, 2.75) is 91.3 Å². The lowest BCUT2D eigenvalue weighted by atomic mass is 9.88. The maximum Gasteiger partial charge on any atom is 0.261 e. The van der Waals surface area contributed by atoms with Gasteiger partial charge in [-0.3, -0.25) is 0 Å². The Kier molecular flexibility index (Phi) is 10.1. The van der Waals surface area contributed by atoms with Gasteiger partial charge in [-0.15, -0.1) is 0 Å². The zero-order valence-corrected chi connectivity index (χ0v) is 24.8. The van der Waals surface area contributed by atoms with Crippen LogP contribution in [0, 0.1) is 11.8 Å². The van der Waals surface area contributed by atoms with Gasteiger partial charge in [-0.2, -0.15) is 0 Å². The van der Waals surface area contributed by atoms with E-state index in [1.165, 1.54) is 10.4 Å². The molecule has 188 valence electrons. The largest absolute Gasteiger partial charge is 0.414 e. The van der Waals surface area contributed by atoms with Gasteiger partial charge in [0.1, 0.15) is 6.29 Å². The van der Waals surface area contributed by atoms with E-state index >= 15 is 0 Å². The minimum Gasteiger partial charge on any atom is -0.414 e. The van der Waals surface area contributed by atoms with Crippen molar-refractivity contribution in [1.29, 1.82) is 0 Å². The summed E-state index contributed by atoms with van der Waals surface area (Å²) >= 11 is 0. The number of rotatable bonds is 12. The number of carbonyl (C=O) groups is 1. The number of hydrogen-bond acceptors (Lipinski definition) is 3. The molecule has 0 bridgehead atoms. The van der Waals surface area contributed by atoms with Crippen LogP contribution >= 0.6 is 0 Å². The molecule has 0 saturated heterocycles. The van der Waals surface area contributed by atoms with Crippen LogP contribution in [-0.2, 0) is 13.6 Å². The average Bonchev–Trinajstić information content (AvgIpc) is 2.79. The van der Waals surface area contributed by atoms with E-state index in [9.17, 15) is 4.79 Å². The average molecular weight is 499 g/mol. The number of benzene rings is 2. The summed E-state index contributed by atoms with van der Waals surface area (Å²) in [5, 5.41) is 2.48. The summed E-state index contributed by atoms with van der Waals surface area (Å²) < 4.78 is 14.2. The second-order valence-electron chi connectivity index (χ2n) is 11.7. The molecule has 0 saturated carbocycles. The summed E-state index contributed by atoms with van der Waals surface area (Å²) in [4.78, 5) is 11.9. The van der Waals surface area contributed by atoms with E-state index in [4.69, 9.17) is 8.85 Å². The molecule has 0 N–H and O–H groups in total. The standard InChI is InChI=1S/C29H46O3Si2/c1-10-17-27(24(3)28(23(2)22-30)32-33(7,8)9)31-34(29(4,5)6,25-18-13-11-14-19-25)26-20-15-12-16-21-26/h11-16,18-24,27-28H,10,17H2,1-9H3/t23-,24-,27-,28+/m1/s1. The molecule has 3 nitrogen and oxygen atoms in total. The van der Waals surface area contributed by atoms with Crippen LogP contribution in [-0.4, -0.2) is 35.1 Å². The Morgan fingerprint density at radius 1 is 0.853 bits per heavy atom. The highest BCUT2D eigenvalue weighted by molar-refractivity contribution is 6.99. The second-order valence-corrected chi connectivity index (χ2v) is 20.4. The van der Waals surface area contributed by atoms with Gasteiger partial charge >= 0.3 is 0 Å². The van der Waals surface area contributed by atoms with Gasteiger partial charge in [-0.25, -0.2) is 0 Å². The summed E-state index contributed by atoms with van der Waals surface area (Å²) in [7, 11) is -4.55. The zero-order chi connectivity index (χ0) is 25.6. The van der Waals surface area contributed by atoms with Crippen molar-refractivity contribution in [1.82, 2.24) is 0 Å². The number of aldehydes is 1. The van der Waals surface area contributed by atoms with Crippen molar-refractivity contribution in [2.75, 3.05) is 0 Å². The molecule has 0 fully saturated rings. The minimum atomic E-state index is -2.69. The Hall–Kier alpha value is -1.54. The third-order valence-electron chi connectivity index (χ3n) is 6.65. The van der Waals surface area contributed by atoms with Gasteiger partial charge in [-0.05, 0) is 41.5 Å². The van der Waals surface area contributed by atoms with E-state index in [1.54, 1.807) is 0 Å². The Balaban J connectivity index is 2.67. The number of hydrogen-bond donors (Lipinski definition) is 0. The SMILES string of the molecule is CCC[C@@H](O[Si](c1ccccc1)(c1ccccc1)C(C)(C)C)[C@@H](C)[C@@H](O[Si](C)(C)C)[C@H](C)C=O. The predicted molar refractivity (Wildman–Crippen MR) is 150 cm³/mol. The molecule has 4 atom stereocenters. The fourth-order valence-corrected chi connectivity index (χ4v) is 11.1. The molecule has 5 heteroatoms. The molecular weight excluding hydrogens is 452 g/mol. The molecule has 0 aliphatic rings. The Morgan fingerprint density at radius 2 is 1.32 bits per heavy atom. The van der Waals surface area contributed by atoms with Crippen LogP contribution in [0.5, 0.6) is 0 Å². The van der Waals surface area contributed by atoms with E-state index < -0.39 is 16.6 Å². The fourth-order valence-electron chi connectivity index (χ4n) is 5.02. The summed E-state index contributed by atoms with van der Waals surface area (Å²) in [6, 6.07) is 21.6. The first-order valence-electron chi connectivity index (χ1n) is 12.8. The van der Waals surface area contributed by atoms with Crippen molar-refractivity contribution in [3.05, 3.63) is 60.7 Å². The molecule has 0 aliphatic carbocycles. The van der Waals surface area contributed by atoms with Crippen molar-refractivity contribution in [3.63, 3.8) is 0 Å².